The van der Waals surface area contributed by atoms with Crippen molar-refractivity contribution in [2.75, 3.05) is 17.9 Å². The van der Waals surface area contributed by atoms with Gasteiger partial charge >= 0.3 is 0 Å². The van der Waals surface area contributed by atoms with Gasteiger partial charge in [-0.15, -0.1) is 6.58 Å². The standard InChI is InChI=1S/C13H24N2O2S2/c1-6-7-8-18-9-19-12(15-17)10(11(16)14-5)13(2,3)4/h6,10,17H,1,7-9H2,2-5H3,(H,14,16)/b15-12-. The number of thioether (sulfide) groups is 2. The minimum absolute atomic E-state index is 0.121. The van der Waals surface area contributed by atoms with Gasteiger partial charge in [-0.3, -0.25) is 4.79 Å². The fraction of sp³-hybridized carbons (Fsp3) is 0.692. The van der Waals surface area contributed by atoms with Crippen molar-refractivity contribution >= 4 is 34.5 Å². The molecule has 110 valence electrons. The second-order valence-corrected chi connectivity index (χ2v) is 7.57. The molecule has 0 aromatic heterocycles. The Morgan fingerprint density at radius 1 is 1.53 bits per heavy atom. The van der Waals surface area contributed by atoms with Crippen LogP contribution < -0.4 is 5.32 Å². The molecule has 0 saturated heterocycles. The summed E-state index contributed by atoms with van der Waals surface area (Å²) in [5.41, 5.74) is -0.291. The van der Waals surface area contributed by atoms with Crippen LogP contribution in [0.1, 0.15) is 27.2 Å². The molecular weight excluding hydrogens is 280 g/mol. The molecule has 2 N–H and O–H groups in total. The molecule has 0 radical (unpaired) electrons. The van der Waals surface area contributed by atoms with Gasteiger partial charge in [-0.2, -0.15) is 11.8 Å². The van der Waals surface area contributed by atoms with E-state index in [1.54, 1.807) is 18.8 Å². The summed E-state index contributed by atoms with van der Waals surface area (Å²) in [6.45, 7) is 9.55. The van der Waals surface area contributed by atoms with Crippen LogP contribution in [0.25, 0.3) is 0 Å². The van der Waals surface area contributed by atoms with Gasteiger partial charge in [-0.05, 0) is 17.6 Å². The minimum atomic E-state index is -0.437. The molecule has 0 fully saturated rings. The number of nitrogens with one attached hydrogen (secondary N) is 1. The molecule has 4 nitrogen and oxygen atoms in total. The Morgan fingerprint density at radius 3 is 2.58 bits per heavy atom. The summed E-state index contributed by atoms with van der Waals surface area (Å²) in [6, 6.07) is 0. The topological polar surface area (TPSA) is 61.7 Å². The normalized spacial score (nSPS) is 14.0. The van der Waals surface area contributed by atoms with E-state index in [0.29, 0.717) is 5.04 Å². The number of nitrogens with zero attached hydrogens (tertiary/aromatic N) is 1. The number of carbonyl (C=O) groups is 1. The van der Waals surface area contributed by atoms with Crippen molar-refractivity contribution in [1.29, 1.82) is 0 Å². The first-order valence-electron chi connectivity index (χ1n) is 6.13. The Balaban J connectivity index is 4.61. The number of carbonyl (C=O) groups excluding carboxylic acids is 1. The predicted molar refractivity (Wildman–Crippen MR) is 86.0 cm³/mol. The fourth-order valence-corrected chi connectivity index (χ4v) is 3.82. The number of hydrogen-bond donors (Lipinski definition) is 2. The molecule has 0 heterocycles. The Kier molecular flexibility index (Phi) is 9.01. The molecule has 0 saturated carbocycles. The molecule has 6 heteroatoms. The molecule has 0 aliphatic carbocycles. The monoisotopic (exact) mass is 304 g/mol. The number of allylic oxidation sites excluding steroid dienone is 1. The van der Waals surface area contributed by atoms with Gasteiger partial charge in [-0.25, -0.2) is 0 Å². The zero-order chi connectivity index (χ0) is 14.9. The summed E-state index contributed by atoms with van der Waals surface area (Å²) >= 11 is 3.16. The zero-order valence-electron chi connectivity index (χ0n) is 12.1. The van der Waals surface area contributed by atoms with Crippen molar-refractivity contribution in [3.63, 3.8) is 0 Å². The number of rotatable bonds is 7. The molecule has 1 unspecified atom stereocenters. The predicted octanol–water partition coefficient (Wildman–Crippen LogP) is 3.18. The molecule has 0 rings (SSSR count). The Morgan fingerprint density at radius 2 is 2.16 bits per heavy atom. The van der Waals surface area contributed by atoms with Gasteiger partial charge in [0.1, 0.15) is 5.04 Å². The highest BCUT2D eigenvalue weighted by Crippen LogP contribution is 2.32. The SMILES string of the molecule is C=CCCSCS/C(=N\O)C(C(=O)NC)C(C)(C)C. The van der Waals surface area contributed by atoms with E-state index in [2.05, 4.69) is 17.1 Å². The van der Waals surface area contributed by atoms with E-state index >= 15 is 0 Å². The summed E-state index contributed by atoms with van der Waals surface area (Å²) in [4.78, 5) is 12.0. The molecule has 1 atom stereocenters. The van der Waals surface area contributed by atoms with Crippen molar-refractivity contribution in [1.82, 2.24) is 5.32 Å². The maximum atomic E-state index is 12.0. The van der Waals surface area contributed by atoms with Crippen LogP contribution in [-0.4, -0.2) is 34.0 Å². The third-order valence-electron chi connectivity index (χ3n) is 2.48. The maximum absolute atomic E-state index is 12.0. The molecule has 0 aromatic carbocycles. The van der Waals surface area contributed by atoms with E-state index in [1.807, 2.05) is 26.8 Å². The lowest BCUT2D eigenvalue weighted by molar-refractivity contribution is -0.124. The van der Waals surface area contributed by atoms with E-state index in [0.717, 1.165) is 17.3 Å². The van der Waals surface area contributed by atoms with Crippen LogP contribution in [0.5, 0.6) is 0 Å². The lowest BCUT2D eigenvalue weighted by atomic mass is 9.81. The maximum Gasteiger partial charge on any atom is 0.230 e. The van der Waals surface area contributed by atoms with Crippen LogP contribution >= 0.6 is 23.5 Å². The van der Waals surface area contributed by atoms with Crippen molar-refractivity contribution < 1.29 is 10.0 Å². The first kappa shape index (κ1) is 18.4. The summed E-state index contributed by atoms with van der Waals surface area (Å²) in [7, 11) is 1.60. The van der Waals surface area contributed by atoms with Gasteiger partial charge in [0.05, 0.1) is 5.92 Å². The molecule has 0 spiro atoms. The van der Waals surface area contributed by atoms with E-state index in [9.17, 15) is 4.79 Å². The second kappa shape index (κ2) is 9.31. The minimum Gasteiger partial charge on any atom is -0.410 e. The smallest absolute Gasteiger partial charge is 0.230 e. The molecule has 0 bridgehead atoms. The third-order valence-corrected chi connectivity index (χ3v) is 4.75. The van der Waals surface area contributed by atoms with E-state index in [1.165, 1.54) is 11.8 Å². The van der Waals surface area contributed by atoms with Gasteiger partial charge in [0.25, 0.3) is 0 Å². The van der Waals surface area contributed by atoms with Crippen molar-refractivity contribution in [2.24, 2.45) is 16.5 Å². The van der Waals surface area contributed by atoms with Gasteiger partial charge in [0.2, 0.25) is 5.91 Å². The van der Waals surface area contributed by atoms with Crippen LogP contribution in [0.15, 0.2) is 17.8 Å². The zero-order valence-corrected chi connectivity index (χ0v) is 13.7. The van der Waals surface area contributed by atoms with Gasteiger partial charge in [0.15, 0.2) is 0 Å². The van der Waals surface area contributed by atoms with E-state index < -0.39 is 5.92 Å². The quantitative estimate of drug-likeness (QED) is 0.144. The average Bonchev–Trinajstić information content (AvgIpc) is 2.34. The van der Waals surface area contributed by atoms with Crippen molar-refractivity contribution in [2.45, 2.75) is 27.2 Å². The number of oxime groups is 1. The first-order valence-corrected chi connectivity index (χ1v) is 8.27. The second-order valence-electron chi connectivity index (χ2n) is 5.10. The van der Waals surface area contributed by atoms with Crippen molar-refractivity contribution in [3.8, 4) is 0 Å². The summed E-state index contributed by atoms with van der Waals surface area (Å²) < 4.78 is 0. The summed E-state index contributed by atoms with van der Waals surface area (Å²) in [5, 5.41) is 16.4. The Bertz CT molecular complexity index is 325. The molecule has 0 aliphatic heterocycles. The van der Waals surface area contributed by atoms with E-state index in [4.69, 9.17) is 5.21 Å². The number of amides is 1. The lowest BCUT2D eigenvalue weighted by Gasteiger charge is -2.29. The lowest BCUT2D eigenvalue weighted by Crippen LogP contribution is -2.40. The number of hydrogen-bond acceptors (Lipinski definition) is 5. The summed E-state index contributed by atoms with van der Waals surface area (Å²) in [6.07, 6.45) is 2.83. The van der Waals surface area contributed by atoms with Crippen LogP contribution in [0.3, 0.4) is 0 Å². The largest absolute Gasteiger partial charge is 0.410 e. The van der Waals surface area contributed by atoms with Gasteiger partial charge in [0, 0.05) is 12.1 Å². The van der Waals surface area contributed by atoms with Crippen LogP contribution in [-0.2, 0) is 4.79 Å². The van der Waals surface area contributed by atoms with Gasteiger partial charge in [-0.1, -0.05) is 43.8 Å². The van der Waals surface area contributed by atoms with Crippen molar-refractivity contribution in [3.05, 3.63) is 12.7 Å². The van der Waals surface area contributed by atoms with Gasteiger partial charge < -0.3 is 10.5 Å². The molecule has 0 aliphatic rings. The van der Waals surface area contributed by atoms with E-state index in [-0.39, 0.29) is 11.3 Å². The molecule has 0 aromatic rings. The van der Waals surface area contributed by atoms with Crippen LogP contribution in [0.2, 0.25) is 0 Å². The highest BCUT2D eigenvalue weighted by atomic mass is 32.2. The van der Waals surface area contributed by atoms with Crippen LogP contribution in [0.4, 0.5) is 0 Å². The molecule has 19 heavy (non-hydrogen) atoms. The Hall–Kier alpha value is -0.620. The molecular formula is C13H24N2O2S2. The fourth-order valence-electron chi connectivity index (χ4n) is 1.52. The highest BCUT2D eigenvalue weighted by Gasteiger charge is 2.35. The first-order chi connectivity index (χ1) is 8.88. The highest BCUT2D eigenvalue weighted by molar-refractivity contribution is 8.24. The summed E-state index contributed by atoms with van der Waals surface area (Å²) in [5.74, 6) is 0.423. The average molecular weight is 304 g/mol. The molecule has 1 amide bonds. The van der Waals surface area contributed by atoms with Crippen LogP contribution in [0, 0.1) is 11.3 Å². The Labute approximate surface area is 124 Å². The third kappa shape index (κ3) is 6.92.